The smallest absolute Gasteiger partial charge is 0.200 e. The Morgan fingerprint density at radius 1 is 1.04 bits per heavy atom. The van der Waals surface area contributed by atoms with Gasteiger partial charge in [0, 0.05) is 5.56 Å². The van der Waals surface area contributed by atoms with Crippen LogP contribution in [0.5, 0.6) is 0 Å². The van der Waals surface area contributed by atoms with E-state index in [9.17, 15) is 8.42 Å². The van der Waals surface area contributed by atoms with Crippen molar-refractivity contribution >= 4 is 15.7 Å². The summed E-state index contributed by atoms with van der Waals surface area (Å²) in [5, 5.41) is 4.22. The van der Waals surface area contributed by atoms with Crippen molar-refractivity contribution in [2.45, 2.75) is 38.0 Å². The third-order valence-electron chi connectivity index (χ3n) is 4.12. The average Bonchev–Trinajstić information content (AvgIpc) is 2.55. The maximum atomic E-state index is 12.5. The SMILES string of the molecule is Cc1ccc(C)c(S(=O)(=O)N/N=C2/CCCc3ccccc32)c1. The molecule has 0 aromatic heterocycles. The second-order valence-electron chi connectivity index (χ2n) is 5.93. The lowest BCUT2D eigenvalue weighted by atomic mass is 9.90. The predicted molar refractivity (Wildman–Crippen MR) is 92.2 cm³/mol. The van der Waals surface area contributed by atoms with Crippen molar-refractivity contribution < 1.29 is 8.42 Å². The molecule has 0 bridgehead atoms. The number of nitrogens with one attached hydrogen (secondary N) is 1. The van der Waals surface area contributed by atoms with Crippen LogP contribution in [-0.4, -0.2) is 14.1 Å². The zero-order valence-corrected chi connectivity index (χ0v) is 14.2. The van der Waals surface area contributed by atoms with Crippen LogP contribution in [0, 0.1) is 13.8 Å². The molecule has 1 N–H and O–H groups in total. The average molecular weight is 328 g/mol. The first kappa shape index (κ1) is 15.7. The van der Waals surface area contributed by atoms with Crippen LogP contribution in [0.4, 0.5) is 0 Å². The van der Waals surface area contributed by atoms with Crippen LogP contribution in [0.1, 0.15) is 35.1 Å². The fraction of sp³-hybridized carbons (Fsp3) is 0.278. The van der Waals surface area contributed by atoms with Crippen molar-refractivity contribution in [3.05, 3.63) is 64.7 Å². The largest absolute Gasteiger partial charge is 0.276 e. The number of nitrogens with zero attached hydrogens (tertiary/aromatic N) is 1. The molecule has 0 saturated carbocycles. The van der Waals surface area contributed by atoms with Gasteiger partial charge in [0.15, 0.2) is 0 Å². The van der Waals surface area contributed by atoms with E-state index in [1.54, 1.807) is 13.0 Å². The number of fused-ring (bicyclic) bond motifs is 1. The van der Waals surface area contributed by atoms with Gasteiger partial charge >= 0.3 is 0 Å². The maximum Gasteiger partial charge on any atom is 0.276 e. The molecule has 0 amide bonds. The summed E-state index contributed by atoms with van der Waals surface area (Å²) in [5.41, 5.74) is 4.70. The fourth-order valence-corrected chi connectivity index (χ4v) is 4.04. The Hall–Kier alpha value is -2.14. The fourth-order valence-electron chi connectivity index (χ4n) is 2.88. The molecule has 0 fully saturated rings. The van der Waals surface area contributed by atoms with Crippen LogP contribution in [0.2, 0.25) is 0 Å². The molecule has 4 nitrogen and oxygen atoms in total. The van der Waals surface area contributed by atoms with Crippen molar-refractivity contribution in [3.63, 3.8) is 0 Å². The zero-order valence-electron chi connectivity index (χ0n) is 13.3. The van der Waals surface area contributed by atoms with E-state index >= 15 is 0 Å². The molecule has 1 aliphatic carbocycles. The lowest BCUT2D eigenvalue weighted by Crippen LogP contribution is -2.23. The standard InChI is InChI=1S/C18H20N2O2S/c1-13-10-11-14(2)18(12-13)23(21,22)20-19-17-9-5-7-15-6-3-4-8-16(15)17/h3-4,6,8,10-12,20H,5,7,9H2,1-2H3/b19-17-. The van der Waals surface area contributed by atoms with E-state index in [2.05, 4.69) is 16.0 Å². The number of hydrogen-bond donors (Lipinski definition) is 1. The third kappa shape index (κ3) is 3.29. The summed E-state index contributed by atoms with van der Waals surface area (Å²) in [6, 6.07) is 13.4. The van der Waals surface area contributed by atoms with Crippen LogP contribution in [0.15, 0.2) is 52.5 Å². The highest BCUT2D eigenvalue weighted by atomic mass is 32.2. The summed E-state index contributed by atoms with van der Waals surface area (Å²) in [6.45, 7) is 3.67. The number of hydrazone groups is 1. The Balaban J connectivity index is 1.92. The van der Waals surface area contributed by atoms with Crippen molar-refractivity contribution in [1.82, 2.24) is 4.83 Å². The van der Waals surface area contributed by atoms with Gasteiger partial charge in [0.05, 0.1) is 10.6 Å². The van der Waals surface area contributed by atoms with Gasteiger partial charge in [-0.25, -0.2) is 0 Å². The minimum atomic E-state index is -3.65. The van der Waals surface area contributed by atoms with Gasteiger partial charge in [-0.05, 0) is 55.9 Å². The molecular formula is C18H20N2O2S. The lowest BCUT2D eigenvalue weighted by Gasteiger charge is -2.17. The van der Waals surface area contributed by atoms with Gasteiger partial charge in [-0.1, -0.05) is 36.4 Å². The van der Waals surface area contributed by atoms with E-state index in [1.807, 2.05) is 37.3 Å². The maximum absolute atomic E-state index is 12.5. The predicted octanol–water partition coefficient (Wildman–Crippen LogP) is 3.32. The normalized spacial score (nSPS) is 16.2. The van der Waals surface area contributed by atoms with Crippen LogP contribution in [0.3, 0.4) is 0 Å². The van der Waals surface area contributed by atoms with E-state index in [0.29, 0.717) is 5.56 Å². The molecule has 23 heavy (non-hydrogen) atoms. The summed E-state index contributed by atoms with van der Waals surface area (Å²) in [6.07, 6.45) is 2.78. The third-order valence-corrected chi connectivity index (χ3v) is 5.47. The second-order valence-corrected chi connectivity index (χ2v) is 7.56. The van der Waals surface area contributed by atoms with Crippen LogP contribution < -0.4 is 4.83 Å². The Bertz CT molecular complexity index is 870. The summed E-state index contributed by atoms with van der Waals surface area (Å²) < 4.78 is 25.1. The molecule has 2 aromatic rings. The highest BCUT2D eigenvalue weighted by Crippen LogP contribution is 2.22. The van der Waals surface area contributed by atoms with E-state index in [0.717, 1.165) is 36.1 Å². The first-order valence-electron chi connectivity index (χ1n) is 7.71. The molecule has 5 heteroatoms. The molecule has 0 aliphatic heterocycles. The van der Waals surface area contributed by atoms with Gasteiger partial charge < -0.3 is 0 Å². The van der Waals surface area contributed by atoms with Gasteiger partial charge in [-0.3, -0.25) is 0 Å². The summed E-state index contributed by atoms with van der Waals surface area (Å²) in [7, 11) is -3.65. The van der Waals surface area contributed by atoms with Crippen molar-refractivity contribution in [3.8, 4) is 0 Å². The van der Waals surface area contributed by atoms with Crippen molar-refractivity contribution in [2.24, 2.45) is 5.10 Å². The zero-order chi connectivity index (χ0) is 16.4. The molecule has 0 spiro atoms. The molecule has 0 heterocycles. The first-order chi connectivity index (χ1) is 11.0. The Morgan fingerprint density at radius 2 is 1.83 bits per heavy atom. The van der Waals surface area contributed by atoms with Gasteiger partial charge in [0.25, 0.3) is 10.0 Å². The molecular weight excluding hydrogens is 308 g/mol. The highest BCUT2D eigenvalue weighted by molar-refractivity contribution is 7.89. The van der Waals surface area contributed by atoms with Gasteiger partial charge in [0.2, 0.25) is 0 Å². The molecule has 3 rings (SSSR count). The number of aryl methyl sites for hydroxylation is 3. The number of hydrogen-bond acceptors (Lipinski definition) is 3. The van der Waals surface area contributed by atoms with Crippen LogP contribution >= 0.6 is 0 Å². The Morgan fingerprint density at radius 3 is 2.65 bits per heavy atom. The lowest BCUT2D eigenvalue weighted by molar-refractivity contribution is 0.583. The topological polar surface area (TPSA) is 58.5 Å². The number of benzene rings is 2. The molecule has 0 atom stereocenters. The van der Waals surface area contributed by atoms with Gasteiger partial charge in [-0.15, -0.1) is 0 Å². The quantitative estimate of drug-likeness (QED) is 0.879. The van der Waals surface area contributed by atoms with E-state index in [4.69, 9.17) is 0 Å². The van der Waals surface area contributed by atoms with Crippen LogP contribution in [-0.2, 0) is 16.4 Å². The summed E-state index contributed by atoms with van der Waals surface area (Å²) in [5.74, 6) is 0. The molecule has 120 valence electrons. The van der Waals surface area contributed by atoms with Crippen molar-refractivity contribution in [1.29, 1.82) is 0 Å². The van der Waals surface area contributed by atoms with E-state index < -0.39 is 10.0 Å². The van der Waals surface area contributed by atoms with Gasteiger partial charge in [0.1, 0.15) is 0 Å². The van der Waals surface area contributed by atoms with E-state index in [-0.39, 0.29) is 4.90 Å². The second kappa shape index (κ2) is 6.16. The highest BCUT2D eigenvalue weighted by Gasteiger charge is 2.19. The summed E-state index contributed by atoms with van der Waals surface area (Å²) >= 11 is 0. The van der Waals surface area contributed by atoms with E-state index in [1.165, 1.54) is 5.56 Å². The first-order valence-corrected chi connectivity index (χ1v) is 9.19. The molecule has 0 saturated heterocycles. The van der Waals surface area contributed by atoms with Crippen molar-refractivity contribution in [2.75, 3.05) is 0 Å². The number of rotatable bonds is 3. The Labute approximate surface area is 137 Å². The minimum Gasteiger partial charge on any atom is -0.200 e. The molecule has 2 aromatic carbocycles. The molecule has 1 aliphatic rings. The Kier molecular flexibility index (Phi) is 4.22. The van der Waals surface area contributed by atoms with Gasteiger partial charge in [-0.2, -0.15) is 18.4 Å². The minimum absolute atomic E-state index is 0.283. The van der Waals surface area contributed by atoms with Crippen LogP contribution in [0.25, 0.3) is 0 Å². The monoisotopic (exact) mass is 328 g/mol. The number of sulfonamides is 1. The summed E-state index contributed by atoms with van der Waals surface area (Å²) in [4.78, 5) is 2.70. The molecule has 0 radical (unpaired) electrons. The molecule has 0 unspecified atom stereocenters.